The van der Waals surface area contributed by atoms with E-state index >= 15 is 0 Å². The number of hydrogen-bond donors (Lipinski definition) is 18. The average molecular weight is 1270 g/mol. The van der Waals surface area contributed by atoms with Crippen LogP contribution in [0.4, 0.5) is 65.4 Å². The standard InChI is InChI=1S/C52H85N33O6/c1-32-68-33(70-42(69-32)65-29-18-54)9-3-21-57-44-73-35(77-49(82-44)63-27-15-40(88)89)10-4-24-60-47-76-38(80-52(85-47)67-31-20-56)13-7-23-59-45-74-36(78-50(83-45)64-28-16-41(90)91)11-5-25-61-46-75-37(79-51(84-46)66-30-19-55)12-6-22-58-43-71-34(8-2-17-53)72-48(81-43)62-26-14-39(86)87/h2-31,53-56H2,1H3,(H,86,87)(H,88,89)(H,90,91)(H,65,68,69,70)(H2,57,63,73,77,82)(H2,58,62,71,72,81)(H2,59,64,74,78,83)(H2,60,67,76,80,85)(H2,61,66,75,79,84). The maximum absolute atomic E-state index is 11.4. The van der Waals surface area contributed by atoms with Crippen molar-refractivity contribution in [3.05, 3.63) is 40.8 Å². The minimum atomic E-state index is -0.972. The van der Waals surface area contributed by atoms with E-state index in [0.717, 1.165) is 0 Å². The van der Waals surface area contributed by atoms with Crippen molar-refractivity contribution in [3.63, 3.8) is 0 Å². The Labute approximate surface area is 524 Å². The number of carboxylic acid groups (broad SMARTS) is 3. The number of aliphatic carboxylic acids is 3. The normalized spacial score (nSPS) is 11.0. The van der Waals surface area contributed by atoms with E-state index in [9.17, 15) is 24.6 Å². The van der Waals surface area contributed by atoms with Crippen LogP contribution in [-0.4, -0.2) is 221 Å². The third-order valence-corrected chi connectivity index (χ3v) is 12.3. The monoisotopic (exact) mass is 1270 g/mol. The summed E-state index contributed by atoms with van der Waals surface area (Å²) in [6, 6.07) is 0. The van der Waals surface area contributed by atoms with Crippen LogP contribution in [0.2, 0.25) is 0 Å². The Morgan fingerprint density at radius 1 is 0.264 bits per heavy atom. The van der Waals surface area contributed by atoms with Gasteiger partial charge in [-0.15, -0.1) is 0 Å². The Kier molecular flexibility index (Phi) is 30.8. The van der Waals surface area contributed by atoms with Gasteiger partial charge in [0.15, 0.2) is 0 Å². The van der Waals surface area contributed by atoms with E-state index in [1.165, 1.54) is 0 Å². The molecule has 494 valence electrons. The van der Waals surface area contributed by atoms with Crippen molar-refractivity contribution in [2.45, 2.75) is 103 Å². The van der Waals surface area contributed by atoms with Crippen LogP contribution >= 0.6 is 0 Å². The number of aryl methyl sites for hydroxylation is 7. The van der Waals surface area contributed by atoms with Crippen LogP contribution < -0.4 is 81.4 Å². The Morgan fingerprint density at radius 2 is 0.462 bits per heavy atom. The molecule has 22 N–H and O–H groups in total. The molecule has 0 saturated heterocycles. The Bertz CT molecular complexity index is 3190. The van der Waals surface area contributed by atoms with Crippen LogP contribution in [0.3, 0.4) is 0 Å². The molecule has 0 aliphatic carbocycles. The van der Waals surface area contributed by atoms with Crippen molar-refractivity contribution in [3.8, 4) is 0 Å². The van der Waals surface area contributed by atoms with Crippen molar-refractivity contribution in [1.82, 2.24) is 89.7 Å². The topological polar surface area (TPSA) is 580 Å². The number of nitrogens with zero attached hydrogens (tertiary/aromatic N) is 18. The second-order valence-corrected chi connectivity index (χ2v) is 20.0. The van der Waals surface area contributed by atoms with Gasteiger partial charge in [0.05, 0.1) is 19.3 Å². The van der Waals surface area contributed by atoms with Crippen molar-refractivity contribution >= 4 is 83.3 Å². The summed E-state index contributed by atoms with van der Waals surface area (Å²) in [6.07, 6.45) is 6.17. The molecule has 0 amide bonds. The van der Waals surface area contributed by atoms with Gasteiger partial charge in [-0.05, 0) is 52.0 Å². The maximum Gasteiger partial charge on any atom is 0.305 e. The SMILES string of the molecule is Cc1nc(CCCNc2nc(CCCNc3nc(CCCNc4nc(CCCNc5nc(CCCNc6nc(CCCN)nc(NCCC(=O)O)n6)nc(NCCN)n5)nc(NCCC(=O)O)n4)nc(NCCN)n3)nc(NCCC(=O)O)n2)nc(NCCN)n1. The fraction of sp³-hybridized carbons (Fsp3) is 0.596. The summed E-state index contributed by atoms with van der Waals surface area (Å²) in [4.78, 5) is 115. The summed E-state index contributed by atoms with van der Waals surface area (Å²) in [7, 11) is 0. The van der Waals surface area contributed by atoms with Gasteiger partial charge in [-0.2, -0.15) is 84.7 Å². The van der Waals surface area contributed by atoms with Crippen molar-refractivity contribution in [1.29, 1.82) is 0 Å². The van der Waals surface area contributed by atoms with E-state index in [1.807, 2.05) is 0 Å². The Balaban J connectivity index is 1.01. The average Bonchev–Trinajstić information content (AvgIpc) is 2.57. The molecular weight excluding hydrogens is 1180 g/mol. The zero-order valence-corrected chi connectivity index (χ0v) is 51.1. The van der Waals surface area contributed by atoms with E-state index in [1.54, 1.807) is 6.92 Å². The molecule has 91 heavy (non-hydrogen) atoms. The first-order chi connectivity index (χ1) is 44.2. The van der Waals surface area contributed by atoms with Crippen LogP contribution in [0.5, 0.6) is 0 Å². The largest absolute Gasteiger partial charge is 0.481 e. The van der Waals surface area contributed by atoms with Gasteiger partial charge in [0.1, 0.15) is 40.8 Å². The summed E-state index contributed by atoms with van der Waals surface area (Å²) < 4.78 is 0. The van der Waals surface area contributed by atoms with E-state index in [-0.39, 0.29) is 56.7 Å². The van der Waals surface area contributed by atoms with Crippen LogP contribution in [-0.2, 0) is 52.9 Å². The van der Waals surface area contributed by atoms with Gasteiger partial charge in [0, 0.05) is 130 Å². The third kappa shape index (κ3) is 28.4. The zero-order chi connectivity index (χ0) is 64.8. The van der Waals surface area contributed by atoms with Crippen LogP contribution in [0, 0.1) is 6.92 Å². The molecule has 6 aromatic rings. The molecule has 0 bridgehead atoms. The fourth-order valence-electron chi connectivity index (χ4n) is 8.07. The van der Waals surface area contributed by atoms with Gasteiger partial charge in [-0.1, -0.05) is 0 Å². The highest BCUT2D eigenvalue weighted by Gasteiger charge is 2.15. The van der Waals surface area contributed by atoms with Gasteiger partial charge in [0.2, 0.25) is 65.4 Å². The summed E-state index contributed by atoms with van der Waals surface area (Å²) in [5.41, 5.74) is 22.9. The molecule has 0 fully saturated rings. The molecule has 0 radical (unpaired) electrons. The number of nitrogens with one attached hydrogen (secondary N) is 11. The van der Waals surface area contributed by atoms with Crippen LogP contribution in [0.1, 0.15) is 98.6 Å². The van der Waals surface area contributed by atoms with Gasteiger partial charge >= 0.3 is 17.9 Å². The number of aromatic nitrogens is 18. The second kappa shape index (κ2) is 39.9. The fourth-order valence-corrected chi connectivity index (χ4v) is 8.07. The molecule has 0 aliphatic heterocycles. The summed E-state index contributed by atoms with van der Waals surface area (Å²) in [5.74, 6) is 4.55. The second-order valence-electron chi connectivity index (χ2n) is 20.0. The van der Waals surface area contributed by atoms with Crippen molar-refractivity contribution in [2.75, 3.05) is 157 Å². The number of hydrogen-bond acceptors (Lipinski definition) is 36. The molecule has 6 heterocycles. The first kappa shape index (κ1) is 70.2. The van der Waals surface area contributed by atoms with E-state index in [0.29, 0.717) is 244 Å². The molecule has 6 aromatic heterocycles. The zero-order valence-electron chi connectivity index (χ0n) is 51.1. The highest BCUT2D eigenvalue weighted by atomic mass is 16.4. The molecule has 0 aliphatic rings. The number of carbonyl (C=O) groups is 3. The van der Waals surface area contributed by atoms with Gasteiger partial charge in [-0.25, -0.2) is 4.98 Å². The number of carboxylic acids is 3. The summed E-state index contributed by atoms with van der Waals surface area (Å²) in [6.45, 7) is 7.51. The first-order valence-corrected chi connectivity index (χ1v) is 30.3. The van der Waals surface area contributed by atoms with Gasteiger partial charge in [0.25, 0.3) is 0 Å². The lowest BCUT2D eigenvalue weighted by molar-refractivity contribution is -0.137. The summed E-state index contributed by atoms with van der Waals surface area (Å²) >= 11 is 0. The van der Waals surface area contributed by atoms with E-state index < -0.39 is 17.9 Å². The maximum atomic E-state index is 11.4. The highest BCUT2D eigenvalue weighted by molar-refractivity contribution is 5.68. The molecule has 0 saturated carbocycles. The highest BCUT2D eigenvalue weighted by Crippen LogP contribution is 2.15. The number of rotatable bonds is 49. The Morgan fingerprint density at radius 3 is 0.681 bits per heavy atom. The molecule has 0 atom stereocenters. The predicted molar refractivity (Wildman–Crippen MR) is 340 cm³/mol. The molecule has 39 heteroatoms. The lowest BCUT2D eigenvalue weighted by Crippen LogP contribution is -2.18. The number of nitrogens with two attached hydrogens (primary N) is 4. The molecule has 6 rings (SSSR count). The molecular formula is C52H85N33O6. The summed E-state index contributed by atoms with van der Waals surface area (Å²) in [5, 5.41) is 62.1. The van der Waals surface area contributed by atoms with Crippen LogP contribution in [0.25, 0.3) is 0 Å². The minimum Gasteiger partial charge on any atom is -0.481 e. The van der Waals surface area contributed by atoms with Gasteiger partial charge in [-0.3, -0.25) is 14.4 Å². The Hall–Kier alpha value is -9.89. The first-order valence-electron chi connectivity index (χ1n) is 30.3. The lowest BCUT2D eigenvalue weighted by atomic mass is 10.3. The predicted octanol–water partition coefficient (Wildman–Crippen LogP) is -1.01. The molecule has 39 nitrogen and oxygen atoms in total. The third-order valence-electron chi connectivity index (χ3n) is 12.3. The quantitative estimate of drug-likeness (QED) is 0.0204. The van der Waals surface area contributed by atoms with E-state index in [4.69, 9.17) is 33.0 Å². The van der Waals surface area contributed by atoms with Crippen LogP contribution in [0.15, 0.2) is 0 Å². The number of anilines is 11. The molecule has 0 spiro atoms. The van der Waals surface area contributed by atoms with E-state index in [2.05, 4.69) is 143 Å². The molecule has 0 unspecified atom stereocenters. The molecule has 0 aromatic carbocycles. The lowest BCUT2D eigenvalue weighted by Gasteiger charge is -2.12. The smallest absolute Gasteiger partial charge is 0.305 e. The van der Waals surface area contributed by atoms with Gasteiger partial charge < -0.3 is 96.7 Å². The van der Waals surface area contributed by atoms with Crippen molar-refractivity contribution < 1.29 is 29.7 Å². The minimum absolute atomic E-state index is 0.0943. The van der Waals surface area contributed by atoms with Crippen molar-refractivity contribution in [2.24, 2.45) is 22.9 Å².